The highest BCUT2D eigenvalue weighted by atomic mass is 35.5. The molecule has 1 aliphatic carbocycles. The van der Waals surface area contributed by atoms with Gasteiger partial charge in [0.25, 0.3) is 5.91 Å². The van der Waals surface area contributed by atoms with Crippen LogP contribution in [0.4, 0.5) is 5.82 Å². The number of carbonyl (C=O) groups is 1. The molecule has 6 heteroatoms. The predicted molar refractivity (Wildman–Crippen MR) is 86.2 cm³/mol. The Morgan fingerprint density at radius 1 is 1.50 bits per heavy atom. The Hall–Kier alpha value is -2.06. The summed E-state index contributed by atoms with van der Waals surface area (Å²) in [4.78, 5) is 18.2. The number of rotatable bonds is 4. The summed E-state index contributed by atoms with van der Waals surface area (Å²) in [6.45, 7) is 0. The van der Waals surface area contributed by atoms with E-state index < -0.39 is 0 Å². The Morgan fingerprint density at radius 2 is 2.23 bits per heavy atom. The van der Waals surface area contributed by atoms with Crippen molar-refractivity contribution in [1.29, 1.82) is 5.26 Å². The zero-order valence-corrected chi connectivity index (χ0v) is 13.3. The first-order valence-electron chi connectivity index (χ1n) is 7.37. The van der Waals surface area contributed by atoms with Gasteiger partial charge in [0, 0.05) is 30.5 Å². The van der Waals surface area contributed by atoms with E-state index >= 15 is 0 Å². The van der Waals surface area contributed by atoms with Crippen molar-refractivity contribution in [2.24, 2.45) is 0 Å². The maximum absolute atomic E-state index is 12.4. The van der Waals surface area contributed by atoms with Gasteiger partial charge < -0.3 is 10.2 Å². The lowest BCUT2D eigenvalue weighted by molar-refractivity contribution is -0.128. The van der Waals surface area contributed by atoms with Gasteiger partial charge in [-0.05, 0) is 25.0 Å². The molecule has 22 heavy (non-hydrogen) atoms. The van der Waals surface area contributed by atoms with Gasteiger partial charge in [0.15, 0.2) is 0 Å². The highest BCUT2D eigenvalue weighted by Gasteiger charge is 2.24. The SMILES string of the molecule is CN(C(=O)/C(C#N)=C\Nc1cc(Cl)ccn1)C1CCCCC1. The minimum Gasteiger partial charge on any atom is -0.345 e. The summed E-state index contributed by atoms with van der Waals surface area (Å²) in [6, 6.07) is 5.46. The van der Waals surface area contributed by atoms with Crippen molar-refractivity contribution in [1.82, 2.24) is 9.88 Å². The lowest BCUT2D eigenvalue weighted by Crippen LogP contribution is -2.39. The van der Waals surface area contributed by atoms with Crippen molar-refractivity contribution in [2.45, 2.75) is 38.1 Å². The van der Waals surface area contributed by atoms with E-state index in [0.717, 1.165) is 25.7 Å². The van der Waals surface area contributed by atoms with Crippen molar-refractivity contribution in [3.05, 3.63) is 35.1 Å². The molecule has 0 radical (unpaired) electrons. The third-order valence-electron chi connectivity index (χ3n) is 3.88. The van der Waals surface area contributed by atoms with Crippen LogP contribution in [0.15, 0.2) is 30.1 Å². The van der Waals surface area contributed by atoms with Gasteiger partial charge in [-0.2, -0.15) is 5.26 Å². The zero-order chi connectivity index (χ0) is 15.9. The fourth-order valence-corrected chi connectivity index (χ4v) is 2.76. The molecule has 0 spiro atoms. The summed E-state index contributed by atoms with van der Waals surface area (Å²) in [7, 11) is 1.77. The number of aromatic nitrogens is 1. The van der Waals surface area contributed by atoms with E-state index in [2.05, 4.69) is 10.3 Å². The predicted octanol–water partition coefficient (Wildman–Crippen LogP) is 3.35. The van der Waals surface area contributed by atoms with Crippen molar-refractivity contribution < 1.29 is 4.79 Å². The number of nitrogens with one attached hydrogen (secondary N) is 1. The van der Waals surface area contributed by atoms with Gasteiger partial charge in [-0.1, -0.05) is 30.9 Å². The molecule has 0 aliphatic heterocycles. The van der Waals surface area contributed by atoms with E-state index in [1.54, 1.807) is 30.3 Å². The second-order valence-electron chi connectivity index (χ2n) is 5.38. The molecule has 1 N–H and O–H groups in total. The van der Waals surface area contributed by atoms with Gasteiger partial charge in [0.1, 0.15) is 17.5 Å². The average Bonchev–Trinajstić information content (AvgIpc) is 2.55. The Labute approximate surface area is 135 Å². The summed E-state index contributed by atoms with van der Waals surface area (Å²) in [5.74, 6) is 0.234. The normalized spacial score (nSPS) is 16.0. The number of carbonyl (C=O) groups excluding carboxylic acids is 1. The van der Waals surface area contributed by atoms with E-state index in [4.69, 9.17) is 11.6 Å². The number of anilines is 1. The Morgan fingerprint density at radius 3 is 2.86 bits per heavy atom. The number of nitriles is 1. The van der Waals surface area contributed by atoms with Gasteiger partial charge in [-0.3, -0.25) is 4.79 Å². The maximum Gasteiger partial charge on any atom is 0.266 e. The molecule has 116 valence electrons. The van der Waals surface area contributed by atoms with Crippen LogP contribution in [0.3, 0.4) is 0 Å². The number of halogens is 1. The molecule has 5 nitrogen and oxygen atoms in total. The van der Waals surface area contributed by atoms with Crippen LogP contribution in [0, 0.1) is 11.3 Å². The molecule has 1 fully saturated rings. The number of likely N-dealkylation sites (N-methyl/N-ethyl adjacent to an activating group) is 1. The first kappa shape index (κ1) is 16.3. The monoisotopic (exact) mass is 318 g/mol. The van der Waals surface area contributed by atoms with Gasteiger partial charge in [0.2, 0.25) is 0 Å². The second kappa shape index (κ2) is 7.81. The third-order valence-corrected chi connectivity index (χ3v) is 4.12. The third kappa shape index (κ3) is 4.22. The quantitative estimate of drug-likeness (QED) is 0.683. The molecule has 1 amide bonds. The van der Waals surface area contributed by atoms with Crippen molar-refractivity contribution in [2.75, 3.05) is 12.4 Å². The van der Waals surface area contributed by atoms with Gasteiger partial charge in [-0.15, -0.1) is 0 Å². The van der Waals surface area contributed by atoms with Crippen molar-refractivity contribution in [3.63, 3.8) is 0 Å². The standard InChI is InChI=1S/C16H19ClN4O/c1-21(14-5-3-2-4-6-14)16(22)12(10-18)11-20-15-9-13(17)7-8-19-15/h7-9,11,14H,2-6H2,1H3,(H,19,20)/b12-11-. The van der Waals surface area contributed by atoms with E-state index in [-0.39, 0.29) is 17.5 Å². The number of amides is 1. The lowest BCUT2D eigenvalue weighted by atomic mass is 9.94. The summed E-state index contributed by atoms with van der Waals surface area (Å²) in [5, 5.41) is 12.6. The second-order valence-corrected chi connectivity index (χ2v) is 5.82. The minimum atomic E-state index is -0.260. The lowest BCUT2D eigenvalue weighted by Gasteiger charge is -2.31. The largest absolute Gasteiger partial charge is 0.345 e. The van der Waals surface area contributed by atoms with Gasteiger partial charge >= 0.3 is 0 Å². The molecule has 0 bridgehead atoms. The van der Waals surface area contributed by atoms with Gasteiger partial charge in [-0.25, -0.2) is 4.98 Å². The molecule has 0 atom stereocenters. The number of nitrogens with zero attached hydrogens (tertiary/aromatic N) is 3. The molecule has 1 aromatic rings. The first-order chi connectivity index (χ1) is 10.6. The van der Waals surface area contributed by atoms with E-state index in [1.807, 2.05) is 6.07 Å². The average molecular weight is 319 g/mol. The van der Waals surface area contributed by atoms with Crippen LogP contribution in [-0.4, -0.2) is 28.9 Å². The summed E-state index contributed by atoms with van der Waals surface area (Å²) in [6.07, 6.45) is 8.45. The molecule has 0 saturated heterocycles. The van der Waals surface area contributed by atoms with E-state index in [9.17, 15) is 10.1 Å². The molecule has 1 heterocycles. The van der Waals surface area contributed by atoms with E-state index in [1.165, 1.54) is 12.6 Å². The fraction of sp³-hybridized carbons (Fsp3) is 0.438. The Bertz CT molecular complexity index is 602. The van der Waals surface area contributed by atoms with Crippen LogP contribution in [0.2, 0.25) is 5.02 Å². The molecule has 2 rings (SSSR count). The Balaban J connectivity index is 2.04. The number of pyridine rings is 1. The molecule has 1 aromatic heterocycles. The fourth-order valence-electron chi connectivity index (χ4n) is 2.60. The van der Waals surface area contributed by atoms with Crippen LogP contribution in [0.5, 0.6) is 0 Å². The molecule has 0 aromatic carbocycles. The summed E-state index contributed by atoms with van der Waals surface area (Å²) >= 11 is 5.87. The summed E-state index contributed by atoms with van der Waals surface area (Å²) in [5.41, 5.74) is 0.0647. The minimum absolute atomic E-state index is 0.0647. The topological polar surface area (TPSA) is 69.0 Å². The molecular formula is C16H19ClN4O. The number of hydrogen-bond donors (Lipinski definition) is 1. The van der Waals surface area contributed by atoms with Crippen LogP contribution in [0.1, 0.15) is 32.1 Å². The molecule has 1 saturated carbocycles. The van der Waals surface area contributed by atoms with E-state index in [0.29, 0.717) is 10.8 Å². The number of hydrogen-bond acceptors (Lipinski definition) is 4. The van der Waals surface area contributed by atoms with Crippen LogP contribution < -0.4 is 5.32 Å². The first-order valence-corrected chi connectivity index (χ1v) is 7.75. The smallest absolute Gasteiger partial charge is 0.266 e. The maximum atomic E-state index is 12.4. The van der Waals surface area contributed by atoms with Crippen LogP contribution in [-0.2, 0) is 4.79 Å². The Kier molecular flexibility index (Phi) is 5.79. The van der Waals surface area contributed by atoms with Crippen molar-refractivity contribution in [3.8, 4) is 6.07 Å². The summed E-state index contributed by atoms with van der Waals surface area (Å²) < 4.78 is 0. The van der Waals surface area contributed by atoms with Crippen LogP contribution >= 0.6 is 11.6 Å². The molecule has 0 unspecified atom stereocenters. The molecule has 1 aliphatic rings. The highest BCUT2D eigenvalue weighted by molar-refractivity contribution is 6.30. The van der Waals surface area contributed by atoms with Crippen molar-refractivity contribution >= 4 is 23.3 Å². The van der Waals surface area contributed by atoms with Crippen LogP contribution in [0.25, 0.3) is 0 Å². The molecular weight excluding hydrogens is 300 g/mol. The van der Waals surface area contributed by atoms with Gasteiger partial charge in [0.05, 0.1) is 0 Å². The highest BCUT2D eigenvalue weighted by Crippen LogP contribution is 2.22. The zero-order valence-electron chi connectivity index (χ0n) is 12.6.